The van der Waals surface area contributed by atoms with Gasteiger partial charge in [0.15, 0.2) is 0 Å². The zero-order chi connectivity index (χ0) is 15.1. The molecule has 0 bridgehead atoms. The Morgan fingerprint density at radius 1 is 1.40 bits per heavy atom. The van der Waals surface area contributed by atoms with Crippen LogP contribution in [0.3, 0.4) is 0 Å². The van der Waals surface area contributed by atoms with Crippen LogP contribution in [0.4, 0.5) is 4.79 Å². The van der Waals surface area contributed by atoms with Gasteiger partial charge in [-0.15, -0.1) is 0 Å². The molecule has 0 aliphatic heterocycles. The lowest BCUT2D eigenvalue weighted by Gasteiger charge is -2.21. The number of amides is 2. The van der Waals surface area contributed by atoms with E-state index in [2.05, 4.69) is 21.2 Å². The molecule has 1 aromatic carbocycles. The van der Waals surface area contributed by atoms with E-state index in [1.165, 1.54) is 4.90 Å². The van der Waals surface area contributed by atoms with E-state index in [9.17, 15) is 9.59 Å². The van der Waals surface area contributed by atoms with Crippen molar-refractivity contribution < 1.29 is 19.8 Å². The van der Waals surface area contributed by atoms with Crippen molar-refractivity contribution in [3.63, 3.8) is 0 Å². The number of carboxylic acids is 1. The number of nitrogens with zero attached hydrogens (tertiary/aromatic N) is 1. The van der Waals surface area contributed by atoms with Gasteiger partial charge in [0.05, 0.1) is 0 Å². The summed E-state index contributed by atoms with van der Waals surface area (Å²) in [5.74, 6) is -1.17. The first-order valence-corrected chi connectivity index (χ1v) is 6.83. The summed E-state index contributed by atoms with van der Waals surface area (Å²) < 4.78 is 0.879. The number of carboxylic acid groups (broad SMARTS) is 1. The fourth-order valence-corrected chi connectivity index (χ4v) is 2.01. The number of halogens is 1. The van der Waals surface area contributed by atoms with Crippen LogP contribution in [0, 0.1) is 0 Å². The van der Waals surface area contributed by atoms with Crippen LogP contribution in [0.25, 0.3) is 0 Å². The van der Waals surface area contributed by atoms with Crippen molar-refractivity contribution in [1.82, 2.24) is 10.2 Å². The van der Waals surface area contributed by atoms with Crippen molar-refractivity contribution in [2.45, 2.75) is 19.0 Å². The maximum atomic E-state index is 11.9. The van der Waals surface area contributed by atoms with E-state index in [-0.39, 0.29) is 13.0 Å². The number of urea groups is 1. The molecule has 1 unspecified atom stereocenters. The predicted molar refractivity (Wildman–Crippen MR) is 77.3 cm³/mol. The van der Waals surface area contributed by atoms with Crippen molar-refractivity contribution in [2.24, 2.45) is 0 Å². The number of carbonyl (C=O) groups excluding carboxylic acids is 1. The van der Waals surface area contributed by atoms with Gasteiger partial charge in [0.1, 0.15) is 6.04 Å². The molecule has 1 rings (SSSR count). The zero-order valence-electron chi connectivity index (χ0n) is 11.0. The number of aliphatic hydroxyl groups is 1. The van der Waals surface area contributed by atoms with Gasteiger partial charge >= 0.3 is 12.0 Å². The van der Waals surface area contributed by atoms with E-state index in [4.69, 9.17) is 10.2 Å². The Morgan fingerprint density at radius 3 is 2.60 bits per heavy atom. The highest BCUT2D eigenvalue weighted by molar-refractivity contribution is 9.10. The molecule has 0 radical (unpaired) electrons. The fraction of sp³-hybridized carbons (Fsp3) is 0.385. The molecule has 0 saturated carbocycles. The average Bonchev–Trinajstić information content (AvgIpc) is 2.40. The van der Waals surface area contributed by atoms with Crippen LogP contribution in [0.5, 0.6) is 0 Å². The molecule has 3 N–H and O–H groups in total. The quantitative estimate of drug-likeness (QED) is 0.728. The van der Waals surface area contributed by atoms with Gasteiger partial charge in [0, 0.05) is 31.1 Å². The van der Waals surface area contributed by atoms with Crippen LogP contribution in [-0.2, 0) is 11.3 Å². The predicted octanol–water partition coefficient (Wildman–Crippen LogP) is 1.43. The molecule has 0 aliphatic rings. The third-order valence-electron chi connectivity index (χ3n) is 2.73. The lowest BCUT2D eigenvalue weighted by Crippen LogP contribution is -2.46. The Morgan fingerprint density at radius 2 is 2.05 bits per heavy atom. The van der Waals surface area contributed by atoms with E-state index < -0.39 is 18.0 Å². The lowest BCUT2D eigenvalue weighted by atomic mass is 10.2. The van der Waals surface area contributed by atoms with Crippen LogP contribution in [0.1, 0.15) is 12.0 Å². The van der Waals surface area contributed by atoms with Gasteiger partial charge in [0.2, 0.25) is 0 Å². The maximum absolute atomic E-state index is 11.9. The molecular weight excluding hydrogens is 328 g/mol. The van der Waals surface area contributed by atoms with E-state index in [0.29, 0.717) is 6.54 Å². The number of nitrogens with one attached hydrogen (secondary N) is 1. The number of rotatable bonds is 6. The second-order valence-corrected chi connectivity index (χ2v) is 5.15. The molecule has 0 spiro atoms. The van der Waals surface area contributed by atoms with Crippen LogP contribution < -0.4 is 5.32 Å². The largest absolute Gasteiger partial charge is 0.480 e. The second kappa shape index (κ2) is 7.86. The van der Waals surface area contributed by atoms with E-state index in [1.54, 1.807) is 7.05 Å². The Balaban J connectivity index is 2.63. The first kappa shape index (κ1) is 16.5. The van der Waals surface area contributed by atoms with Gasteiger partial charge < -0.3 is 20.4 Å². The van der Waals surface area contributed by atoms with Gasteiger partial charge in [0.25, 0.3) is 0 Å². The third-order valence-corrected chi connectivity index (χ3v) is 3.50. The van der Waals surface area contributed by atoms with Crippen molar-refractivity contribution in [3.05, 3.63) is 34.3 Å². The molecule has 0 aliphatic carbocycles. The smallest absolute Gasteiger partial charge is 0.326 e. The van der Waals surface area contributed by atoms with Crippen molar-refractivity contribution in [1.29, 1.82) is 0 Å². The van der Waals surface area contributed by atoms with E-state index in [1.807, 2.05) is 24.3 Å². The lowest BCUT2D eigenvalue weighted by molar-refractivity contribution is -0.139. The zero-order valence-corrected chi connectivity index (χ0v) is 12.6. The van der Waals surface area contributed by atoms with Gasteiger partial charge in [-0.1, -0.05) is 34.1 Å². The van der Waals surface area contributed by atoms with Gasteiger partial charge in [-0.05, 0) is 11.6 Å². The highest BCUT2D eigenvalue weighted by Gasteiger charge is 2.21. The molecule has 1 aromatic rings. The molecule has 0 saturated heterocycles. The van der Waals surface area contributed by atoms with Crippen LogP contribution in [0.15, 0.2) is 28.7 Å². The minimum absolute atomic E-state index is 0.0239. The summed E-state index contributed by atoms with van der Waals surface area (Å²) in [6.45, 7) is 0.0456. The molecule has 20 heavy (non-hydrogen) atoms. The third kappa shape index (κ3) is 4.82. The van der Waals surface area contributed by atoms with Gasteiger partial charge in [-0.25, -0.2) is 9.59 Å². The van der Waals surface area contributed by atoms with Crippen LogP contribution >= 0.6 is 15.9 Å². The summed E-state index contributed by atoms with van der Waals surface area (Å²) in [6.07, 6.45) is -0.0239. The molecule has 110 valence electrons. The van der Waals surface area contributed by atoms with Crippen LogP contribution in [0.2, 0.25) is 0 Å². The number of aliphatic hydroxyl groups excluding tert-OH is 1. The summed E-state index contributed by atoms with van der Waals surface area (Å²) in [5.41, 5.74) is 0.916. The monoisotopic (exact) mass is 344 g/mol. The molecule has 1 atom stereocenters. The van der Waals surface area contributed by atoms with Gasteiger partial charge in [-0.2, -0.15) is 0 Å². The minimum atomic E-state index is -1.17. The first-order chi connectivity index (χ1) is 9.45. The highest BCUT2D eigenvalue weighted by atomic mass is 79.9. The Labute approximate surface area is 125 Å². The number of hydrogen-bond acceptors (Lipinski definition) is 3. The number of carbonyl (C=O) groups is 2. The summed E-state index contributed by atoms with van der Waals surface area (Å²) in [6, 6.07) is 5.88. The number of hydrogen-bond donors (Lipinski definition) is 3. The SMILES string of the molecule is CN(Cc1ccccc1Br)C(=O)NC(CCO)C(=O)O. The normalized spacial score (nSPS) is 11.8. The van der Waals surface area contributed by atoms with Gasteiger partial charge in [-0.3, -0.25) is 0 Å². The number of benzene rings is 1. The van der Waals surface area contributed by atoms with Crippen molar-refractivity contribution in [3.8, 4) is 0 Å². The topological polar surface area (TPSA) is 89.9 Å². The summed E-state index contributed by atoms with van der Waals surface area (Å²) >= 11 is 3.39. The summed E-state index contributed by atoms with van der Waals surface area (Å²) in [5, 5.41) is 20.1. The summed E-state index contributed by atoms with van der Waals surface area (Å²) in [4.78, 5) is 24.2. The molecule has 6 nitrogen and oxygen atoms in total. The molecule has 2 amide bonds. The fourth-order valence-electron chi connectivity index (χ4n) is 1.60. The van der Waals surface area contributed by atoms with Crippen LogP contribution in [-0.4, -0.2) is 46.8 Å². The molecule has 0 aromatic heterocycles. The van der Waals surface area contributed by atoms with E-state index >= 15 is 0 Å². The second-order valence-electron chi connectivity index (χ2n) is 4.30. The summed E-state index contributed by atoms with van der Waals surface area (Å²) in [7, 11) is 1.58. The standard InChI is InChI=1S/C13H17BrN2O4/c1-16(8-9-4-2-3-5-10(9)14)13(20)15-11(6-7-17)12(18)19/h2-5,11,17H,6-8H2,1H3,(H,15,20)(H,18,19). The average molecular weight is 345 g/mol. The Bertz CT molecular complexity index is 481. The molecule has 0 fully saturated rings. The maximum Gasteiger partial charge on any atom is 0.326 e. The van der Waals surface area contributed by atoms with Crippen molar-refractivity contribution >= 4 is 27.9 Å². The number of aliphatic carboxylic acids is 1. The Hall–Kier alpha value is -1.60. The molecule has 0 heterocycles. The molecular formula is C13H17BrN2O4. The Kier molecular flexibility index (Phi) is 6.47. The minimum Gasteiger partial charge on any atom is -0.480 e. The van der Waals surface area contributed by atoms with E-state index in [0.717, 1.165) is 10.0 Å². The first-order valence-electron chi connectivity index (χ1n) is 6.04. The van der Waals surface area contributed by atoms with Crippen molar-refractivity contribution in [2.75, 3.05) is 13.7 Å². The highest BCUT2D eigenvalue weighted by Crippen LogP contribution is 2.17. The molecule has 7 heteroatoms.